The number of rotatable bonds is 5. The van der Waals surface area contributed by atoms with E-state index in [9.17, 15) is 9.18 Å². The Labute approximate surface area is 169 Å². The van der Waals surface area contributed by atoms with Crippen molar-refractivity contribution in [3.8, 4) is 0 Å². The summed E-state index contributed by atoms with van der Waals surface area (Å²) in [5, 5.41) is 0.863. The minimum atomic E-state index is -0.250. The van der Waals surface area contributed by atoms with Gasteiger partial charge in [0.05, 0.1) is 12.1 Å². The van der Waals surface area contributed by atoms with Crippen molar-refractivity contribution in [2.45, 2.75) is 19.4 Å². The molecule has 0 atom stereocenters. The standard InChI is InChI=1S/C22H24FN5O/c23-18-7-3-1-5-16(18)9-10-21(29)28-13-11-27(12-14-28)15-20-25-19-8-4-2-6-17(19)22(24)26-20/h1-8H,9-15H2,(H2,24,25,26). The number of aromatic nitrogens is 2. The van der Waals surface area contributed by atoms with Gasteiger partial charge in [0.1, 0.15) is 17.5 Å². The molecule has 2 N–H and O–H groups in total. The minimum absolute atomic E-state index is 0.0686. The Hall–Kier alpha value is -3.06. The summed E-state index contributed by atoms with van der Waals surface area (Å²) in [4.78, 5) is 25.6. The molecule has 6 nitrogen and oxygen atoms in total. The first kappa shape index (κ1) is 19.3. The fraction of sp³-hybridized carbons (Fsp3) is 0.318. The van der Waals surface area contributed by atoms with Gasteiger partial charge in [0.15, 0.2) is 0 Å². The first-order chi connectivity index (χ1) is 14.1. The summed E-state index contributed by atoms with van der Waals surface area (Å²) < 4.78 is 13.7. The number of fused-ring (bicyclic) bond motifs is 1. The minimum Gasteiger partial charge on any atom is -0.383 e. The first-order valence-electron chi connectivity index (χ1n) is 9.85. The van der Waals surface area contributed by atoms with E-state index in [1.54, 1.807) is 18.2 Å². The predicted molar refractivity (Wildman–Crippen MR) is 111 cm³/mol. The number of hydrogen-bond donors (Lipinski definition) is 1. The Kier molecular flexibility index (Phi) is 5.67. The second-order valence-electron chi connectivity index (χ2n) is 7.29. The van der Waals surface area contributed by atoms with Crippen LogP contribution in [-0.2, 0) is 17.8 Å². The molecule has 0 bridgehead atoms. The van der Waals surface area contributed by atoms with E-state index < -0.39 is 0 Å². The third-order valence-electron chi connectivity index (χ3n) is 5.34. The smallest absolute Gasteiger partial charge is 0.222 e. The molecule has 0 unspecified atom stereocenters. The molecule has 1 fully saturated rings. The van der Waals surface area contributed by atoms with Gasteiger partial charge >= 0.3 is 0 Å². The molecule has 1 aliphatic rings. The zero-order valence-electron chi connectivity index (χ0n) is 16.2. The summed E-state index contributed by atoms with van der Waals surface area (Å²) in [5.41, 5.74) is 7.50. The lowest BCUT2D eigenvalue weighted by Crippen LogP contribution is -2.48. The Morgan fingerprint density at radius 1 is 1.00 bits per heavy atom. The van der Waals surface area contributed by atoms with Crippen molar-refractivity contribution >= 4 is 22.6 Å². The molecule has 1 aromatic heterocycles. The van der Waals surface area contributed by atoms with E-state index in [-0.39, 0.29) is 11.7 Å². The van der Waals surface area contributed by atoms with Crippen LogP contribution in [-0.4, -0.2) is 51.9 Å². The van der Waals surface area contributed by atoms with Crippen molar-refractivity contribution in [2.24, 2.45) is 0 Å². The van der Waals surface area contributed by atoms with Gasteiger partial charge in [0.25, 0.3) is 0 Å². The van der Waals surface area contributed by atoms with Crippen molar-refractivity contribution in [3.05, 3.63) is 65.7 Å². The van der Waals surface area contributed by atoms with Crippen LogP contribution in [0.25, 0.3) is 10.9 Å². The SMILES string of the molecule is Nc1nc(CN2CCN(C(=O)CCc3ccccc3F)CC2)nc2ccccc12. The number of carbonyl (C=O) groups is 1. The molecular formula is C22H24FN5O. The Morgan fingerprint density at radius 3 is 2.52 bits per heavy atom. The summed E-state index contributed by atoms with van der Waals surface area (Å²) in [6.45, 7) is 3.41. The van der Waals surface area contributed by atoms with Crippen LogP contribution in [0.15, 0.2) is 48.5 Å². The normalized spacial score (nSPS) is 15.0. The number of anilines is 1. The predicted octanol–water partition coefficient (Wildman–Crippen LogP) is 2.63. The molecule has 2 aromatic carbocycles. The van der Waals surface area contributed by atoms with E-state index in [0.29, 0.717) is 49.7 Å². The Balaban J connectivity index is 1.30. The second kappa shape index (κ2) is 8.53. The number of nitrogen functional groups attached to an aromatic ring is 1. The summed E-state index contributed by atoms with van der Waals surface area (Å²) >= 11 is 0. The number of piperazine rings is 1. The fourth-order valence-electron chi connectivity index (χ4n) is 3.68. The number of benzene rings is 2. The van der Waals surface area contributed by atoms with E-state index in [4.69, 9.17) is 5.73 Å². The van der Waals surface area contributed by atoms with Crippen LogP contribution in [0.5, 0.6) is 0 Å². The lowest BCUT2D eigenvalue weighted by Gasteiger charge is -2.34. The number of nitrogens with two attached hydrogens (primary N) is 1. The van der Waals surface area contributed by atoms with Crippen LogP contribution in [0.4, 0.5) is 10.2 Å². The highest BCUT2D eigenvalue weighted by Gasteiger charge is 2.22. The molecular weight excluding hydrogens is 369 g/mol. The molecule has 0 saturated carbocycles. The summed E-state index contributed by atoms with van der Waals surface area (Å²) in [6, 6.07) is 14.3. The van der Waals surface area contributed by atoms with Crippen LogP contribution >= 0.6 is 0 Å². The van der Waals surface area contributed by atoms with Crippen LogP contribution in [0.2, 0.25) is 0 Å². The summed E-state index contributed by atoms with van der Waals surface area (Å²) in [7, 11) is 0. The molecule has 1 saturated heterocycles. The van der Waals surface area contributed by atoms with Crippen LogP contribution in [0, 0.1) is 5.82 Å². The second-order valence-corrected chi connectivity index (χ2v) is 7.29. The van der Waals surface area contributed by atoms with Gasteiger partial charge in [-0.3, -0.25) is 9.69 Å². The van der Waals surface area contributed by atoms with Gasteiger partial charge < -0.3 is 10.6 Å². The van der Waals surface area contributed by atoms with Crippen LogP contribution in [0.1, 0.15) is 17.8 Å². The molecule has 0 radical (unpaired) electrons. The van der Waals surface area contributed by atoms with Crippen molar-refractivity contribution in [1.29, 1.82) is 0 Å². The molecule has 7 heteroatoms. The maximum Gasteiger partial charge on any atom is 0.222 e. The van der Waals surface area contributed by atoms with Crippen LogP contribution in [0.3, 0.4) is 0 Å². The number of aryl methyl sites for hydroxylation is 1. The number of hydrogen-bond acceptors (Lipinski definition) is 5. The molecule has 150 valence electrons. The maximum absolute atomic E-state index is 13.7. The van der Waals surface area contributed by atoms with Gasteiger partial charge in [0.2, 0.25) is 5.91 Å². The average molecular weight is 393 g/mol. The largest absolute Gasteiger partial charge is 0.383 e. The van der Waals surface area contributed by atoms with Gasteiger partial charge in [-0.1, -0.05) is 30.3 Å². The zero-order chi connectivity index (χ0) is 20.2. The van der Waals surface area contributed by atoms with Crippen molar-refractivity contribution < 1.29 is 9.18 Å². The Bertz CT molecular complexity index is 1020. The first-order valence-corrected chi connectivity index (χ1v) is 9.85. The van der Waals surface area contributed by atoms with Gasteiger partial charge in [-0.05, 0) is 30.2 Å². The van der Waals surface area contributed by atoms with Crippen molar-refractivity contribution in [1.82, 2.24) is 19.8 Å². The molecule has 2 heterocycles. The number of amides is 1. The van der Waals surface area contributed by atoms with Crippen molar-refractivity contribution in [2.75, 3.05) is 31.9 Å². The molecule has 0 aliphatic carbocycles. The molecule has 29 heavy (non-hydrogen) atoms. The van der Waals surface area contributed by atoms with Crippen LogP contribution < -0.4 is 5.73 Å². The van der Waals surface area contributed by atoms with Gasteiger partial charge in [-0.2, -0.15) is 0 Å². The van der Waals surface area contributed by atoms with E-state index >= 15 is 0 Å². The molecule has 4 rings (SSSR count). The summed E-state index contributed by atoms with van der Waals surface area (Å²) in [5.74, 6) is 1.01. The van der Waals surface area contributed by atoms with Gasteiger partial charge in [0, 0.05) is 38.0 Å². The highest BCUT2D eigenvalue weighted by molar-refractivity contribution is 5.87. The highest BCUT2D eigenvalue weighted by Crippen LogP contribution is 2.18. The number of para-hydroxylation sites is 1. The van der Waals surface area contributed by atoms with E-state index in [0.717, 1.165) is 24.0 Å². The fourth-order valence-corrected chi connectivity index (χ4v) is 3.68. The lowest BCUT2D eigenvalue weighted by atomic mass is 10.1. The molecule has 1 aliphatic heterocycles. The maximum atomic E-state index is 13.7. The summed E-state index contributed by atoms with van der Waals surface area (Å²) in [6.07, 6.45) is 0.751. The number of halogens is 1. The highest BCUT2D eigenvalue weighted by atomic mass is 19.1. The third-order valence-corrected chi connectivity index (χ3v) is 5.34. The quantitative estimate of drug-likeness (QED) is 0.721. The van der Waals surface area contributed by atoms with Gasteiger partial charge in [-0.25, -0.2) is 14.4 Å². The monoisotopic (exact) mass is 393 g/mol. The third kappa shape index (κ3) is 4.51. The molecule has 1 amide bonds. The van der Waals surface area contributed by atoms with E-state index in [1.807, 2.05) is 29.2 Å². The molecule has 0 spiro atoms. The zero-order valence-corrected chi connectivity index (χ0v) is 16.2. The topological polar surface area (TPSA) is 75.3 Å². The van der Waals surface area contributed by atoms with Crippen molar-refractivity contribution in [3.63, 3.8) is 0 Å². The van der Waals surface area contributed by atoms with E-state index in [2.05, 4.69) is 14.9 Å². The number of nitrogens with zero attached hydrogens (tertiary/aromatic N) is 4. The van der Waals surface area contributed by atoms with Gasteiger partial charge in [-0.15, -0.1) is 0 Å². The lowest BCUT2D eigenvalue weighted by molar-refractivity contribution is -0.133. The Morgan fingerprint density at radius 2 is 1.72 bits per heavy atom. The molecule has 3 aromatic rings. The number of carbonyl (C=O) groups excluding carboxylic acids is 1. The van der Waals surface area contributed by atoms with E-state index in [1.165, 1.54) is 6.07 Å². The average Bonchev–Trinajstić information content (AvgIpc) is 2.73.